The molecule has 0 aromatic heterocycles. The predicted molar refractivity (Wildman–Crippen MR) is 73.1 cm³/mol. The maximum absolute atomic E-state index is 12.7. The average Bonchev–Trinajstić information content (AvgIpc) is 2.46. The number of carbonyl (C=O) groups excluding carboxylic acids is 1. The van der Waals surface area contributed by atoms with Crippen LogP contribution in [0.15, 0.2) is 24.3 Å². The fourth-order valence-electron chi connectivity index (χ4n) is 3.03. The van der Waals surface area contributed by atoms with E-state index in [1.54, 1.807) is 0 Å². The molecule has 1 amide bonds. The summed E-state index contributed by atoms with van der Waals surface area (Å²) in [6, 6.07) is 7.99. The summed E-state index contributed by atoms with van der Waals surface area (Å²) >= 11 is 0. The van der Waals surface area contributed by atoms with Crippen LogP contribution in [-0.4, -0.2) is 36.5 Å². The maximum atomic E-state index is 12.7. The van der Waals surface area contributed by atoms with Crippen LogP contribution < -0.4 is 10.5 Å². The number of benzene rings is 1. The molecule has 1 fully saturated rings. The van der Waals surface area contributed by atoms with Crippen molar-refractivity contribution in [2.45, 2.75) is 31.2 Å². The van der Waals surface area contributed by atoms with E-state index in [0.29, 0.717) is 13.2 Å². The molecule has 102 valence electrons. The fraction of sp³-hybridized carbons (Fsp3) is 0.533. The number of piperidine rings is 1. The number of nitrogens with two attached hydrogens (primary N) is 1. The number of rotatable bonds is 1. The topological polar surface area (TPSA) is 55.6 Å². The smallest absolute Gasteiger partial charge is 0.230 e. The van der Waals surface area contributed by atoms with Crippen LogP contribution in [0.3, 0.4) is 0 Å². The van der Waals surface area contributed by atoms with Crippen molar-refractivity contribution in [1.82, 2.24) is 4.90 Å². The highest BCUT2D eigenvalue weighted by Crippen LogP contribution is 2.34. The summed E-state index contributed by atoms with van der Waals surface area (Å²) in [5, 5.41) is 0. The zero-order chi connectivity index (χ0) is 13.2. The molecular formula is C15H20N2O2. The number of likely N-dealkylation sites (tertiary alicyclic amines) is 1. The molecule has 19 heavy (non-hydrogen) atoms. The van der Waals surface area contributed by atoms with Gasteiger partial charge < -0.3 is 15.4 Å². The molecule has 2 N–H and O–H groups in total. The minimum Gasteiger partial charge on any atom is -0.493 e. The third kappa shape index (κ3) is 2.45. The molecule has 2 atom stereocenters. The van der Waals surface area contributed by atoms with Crippen molar-refractivity contribution in [2.75, 3.05) is 19.7 Å². The van der Waals surface area contributed by atoms with Gasteiger partial charge in [0.2, 0.25) is 5.91 Å². The van der Waals surface area contributed by atoms with E-state index in [2.05, 4.69) is 0 Å². The van der Waals surface area contributed by atoms with Gasteiger partial charge in [-0.25, -0.2) is 0 Å². The van der Waals surface area contributed by atoms with Gasteiger partial charge in [-0.2, -0.15) is 0 Å². The molecule has 2 heterocycles. The SMILES string of the molecule is N[C@@H]1CCCN(C(=O)C2CCOc3ccccc32)C1. The molecule has 2 aliphatic heterocycles. The van der Waals surface area contributed by atoms with Crippen LogP contribution >= 0.6 is 0 Å². The Bertz CT molecular complexity index is 475. The zero-order valence-electron chi connectivity index (χ0n) is 11.0. The van der Waals surface area contributed by atoms with E-state index in [1.807, 2.05) is 29.2 Å². The number of hydrogen-bond acceptors (Lipinski definition) is 3. The number of hydrogen-bond donors (Lipinski definition) is 1. The van der Waals surface area contributed by atoms with Gasteiger partial charge in [0, 0.05) is 24.7 Å². The summed E-state index contributed by atoms with van der Waals surface area (Å²) in [6.45, 7) is 2.15. The Labute approximate surface area is 113 Å². The van der Waals surface area contributed by atoms with Crippen molar-refractivity contribution in [2.24, 2.45) is 5.73 Å². The van der Waals surface area contributed by atoms with Gasteiger partial charge in [-0.15, -0.1) is 0 Å². The Balaban J connectivity index is 1.81. The van der Waals surface area contributed by atoms with Crippen molar-refractivity contribution >= 4 is 5.91 Å². The average molecular weight is 260 g/mol. The van der Waals surface area contributed by atoms with Gasteiger partial charge in [-0.05, 0) is 25.3 Å². The molecule has 4 nitrogen and oxygen atoms in total. The number of ether oxygens (including phenoxy) is 1. The molecule has 0 spiro atoms. The molecule has 4 heteroatoms. The van der Waals surface area contributed by atoms with Crippen molar-refractivity contribution in [1.29, 1.82) is 0 Å². The van der Waals surface area contributed by atoms with Gasteiger partial charge >= 0.3 is 0 Å². The van der Waals surface area contributed by atoms with Crippen LogP contribution in [0.4, 0.5) is 0 Å². The van der Waals surface area contributed by atoms with E-state index in [4.69, 9.17) is 10.5 Å². The number of carbonyl (C=O) groups is 1. The van der Waals surface area contributed by atoms with Gasteiger partial charge in [-0.1, -0.05) is 18.2 Å². The van der Waals surface area contributed by atoms with E-state index in [-0.39, 0.29) is 17.9 Å². The quantitative estimate of drug-likeness (QED) is 0.832. The van der Waals surface area contributed by atoms with E-state index < -0.39 is 0 Å². The Morgan fingerprint density at radius 1 is 1.32 bits per heavy atom. The molecule has 1 saturated heterocycles. The second kappa shape index (κ2) is 5.21. The molecular weight excluding hydrogens is 240 g/mol. The fourth-order valence-corrected chi connectivity index (χ4v) is 3.03. The van der Waals surface area contributed by atoms with Gasteiger partial charge in [0.1, 0.15) is 5.75 Å². The van der Waals surface area contributed by atoms with Crippen molar-refractivity contribution in [3.05, 3.63) is 29.8 Å². The first-order chi connectivity index (χ1) is 9.25. The highest BCUT2D eigenvalue weighted by molar-refractivity contribution is 5.85. The second-order valence-electron chi connectivity index (χ2n) is 5.41. The Morgan fingerprint density at radius 3 is 3.00 bits per heavy atom. The predicted octanol–water partition coefficient (Wildman–Crippen LogP) is 1.50. The molecule has 0 bridgehead atoms. The van der Waals surface area contributed by atoms with Crippen molar-refractivity contribution in [3.63, 3.8) is 0 Å². The lowest BCUT2D eigenvalue weighted by atomic mass is 9.91. The van der Waals surface area contributed by atoms with E-state index in [0.717, 1.165) is 37.1 Å². The molecule has 0 aliphatic carbocycles. The first-order valence-corrected chi connectivity index (χ1v) is 7.02. The summed E-state index contributed by atoms with van der Waals surface area (Å²) < 4.78 is 5.62. The maximum Gasteiger partial charge on any atom is 0.230 e. The molecule has 0 radical (unpaired) electrons. The second-order valence-corrected chi connectivity index (χ2v) is 5.41. The van der Waals surface area contributed by atoms with E-state index in [1.165, 1.54) is 0 Å². The standard InChI is InChI=1S/C15H20N2O2/c16-11-4-3-8-17(10-11)15(18)13-7-9-19-14-6-2-1-5-12(13)14/h1-2,5-6,11,13H,3-4,7-10,16H2/t11-,13?/m1/s1. The highest BCUT2D eigenvalue weighted by atomic mass is 16.5. The van der Waals surface area contributed by atoms with Gasteiger partial charge in [-0.3, -0.25) is 4.79 Å². The lowest BCUT2D eigenvalue weighted by molar-refractivity contribution is -0.134. The van der Waals surface area contributed by atoms with Crippen LogP contribution in [0.5, 0.6) is 5.75 Å². The summed E-state index contributed by atoms with van der Waals surface area (Å²) in [4.78, 5) is 14.6. The number of amides is 1. The largest absolute Gasteiger partial charge is 0.493 e. The number of fused-ring (bicyclic) bond motifs is 1. The highest BCUT2D eigenvalue weighted by Gasteiger charge is 2.32. The summed E-state index contributed by atoms with van der Waals surface area (Å²) in [6.07, 6.45) is 2.80. The van der Waals surface area contributed by atoms with Crippen molar-refractivity contribution < 1.29 is 9.53 Å². The molecule has 1 aromatic carbocycles. The van der Waals surface area contributed by atoms with Crippen LogP contribution in [0, 0.1) is 0 Å². The molecule has 0 saturated carbocycles. The van der Waals surface area contributed by atoms with Gasteiger partial charge in [0.15, 0.2) is 0 Å². The third-order valence-corrected chi connectivity index (χ3v) is 4.03. The van der Waals surface area contributed by atoms with Crippen LogP contribution in [-0.2, 0) is 4.79 Å². The molecule has 1 unspecified atom stereocenters. The molecule has 2 aliphatic rings. The Kier molecular flexibility index (Phi) is 3.42. The summed E-state index contributed by atoms with van der Waals surface area (Å²) in [5.41, 5.74) is 6.99. The first kappa shape index (κ1) is 12.5. The third-order valence-electron chi connectivity index (χ3n) is 4.03. The number of para-hydroxylation sites is 1. The lowest BCUT2D eigenvalue weighted by Crippen LogP contribution is -2.47. The Hall–Kier alpha value is -1.55. The van der Waals surface area contributed by atoms with Gasteiger partial charge in [0.05, 0.1) is 12.5 Å². The van der Waals surface area contributed by atoms with E-state index in [9.17, 15) is 4.79 Å². The minimum atomic E-state index is -0.0600. The zero-order valence-corrected chi connectivity index (χ0v) is 11.0. The van der Waals surface area contributed by atoms with Crippen molar-refractivity contribution in [3.8, 4) is 5.75 Å². The first-order valence-electron chi connectivity index (χ1n) is 7.02. The van der Waals surface area contributed by atoms with Crippen LogP contribution in [0.2, 0.25) is 0 Å². The van der Waals surface area contributed by atoms with Crippen LogP contribution in [0.1, 0.15) is 30.7 Å². The van der Waals surface area contributed by atoms with Gasteiger partial charge in [0.25, 0.3) is 0 Å². The summed E-state index contributed by atoms with van der Waals surface area (Å²) in [7, 11) is 0. The van der Waals surface area contributed by atoms with E-state index >= 15 is 0 Å². The monoisotopic (exact) mass is 260 g/mol. The molecule has 3 rings (SSSR count). The Morgan fingerprint density at radius 2 is 2.16 bits per heavy atom. The lowest BCUT2D eigenvalue weighted by Gasteiger charge is -2.35. The normalized spacial score (nSPS) is 26.5. The number of nitrogens with zero attached hydrogens (tertiary/aromatic N) is 1. The minimum absolute atomic E-state index is 0.0600. The summed E-state index contributed by atoms with van der Waals surface area (Å²) in [5.74, 6) is 1.01. The molecule has 1 aromatic rings. The van der Waals surface area contributed by atoms with Crippen LogP contribution in [0.25, 0.3) is 0 Å².